The van der Waals surface area contributed by atoms with E-state index in [2.05, 4.69) is 20.8 Å². The first-order chi connectivity index (χ1) is 8.01. The fourth-order valence-electron chi connectivity index (χ4n) is 2.64. The highest BCUT2D eigenvalue weighted by Gasteiger charge is 2.35. The van der Waals surface area contributed by atoms with E-state index < -0.39 is 0 Å². The van der Waals surface area contributed by atoms with Crippen LogP contribution in [-0.4, -0.2) is 28.8 Å². The molecule has 0 aromatic heterocycles. The smallest absolute Gasteiger partial charge is 0.0438 e. The summed E-state index contributed by atoms with van der Waals surface area (Å²) in [6, 6.07) is 0.364. The number of aliphatic hydroxyl groups is 1. The quantitative estimate of drug-likeness (QED) is 0.721. The molecule has 0 aliphatic heterocycles. The van der Waals surface area contributed by atoms with Crippen molar-refractivity contribution in [2.75, 3.05) is 12.4 Å². The lowest BCUT2D eigenvalue weighted by Gasteiger charge is -2.42. The number of hydrogen-bond acceptors (Lipinski definition) is 3. The Morgan fingerprint density at radius 3 is 2.65 bits per heavy atom. The van der Waals surface area contributed by atoms with E-state index in [-0.39, 0.29) is 0 Å². The predicted molar refractivity (Wildman–Crippen MR) is 77.3 cm³/mol. The summed E-state index contributed by atoms with van der Waals surface area (Å²) in [5.41, 5.74) is 6.68. The summed E-state index contributed by atoms with van der Waals surface area (Å²) >= 11 is 1.98. The Labute approximate surface area is 111 Å². The second-order valence-corrected chi connectivity index (χ2v) is 7.35. The Kier molecular flexibility index (Phi) is 6.32. The van der Waals surface area contributed by atoms with Gasteiger partial charge in [-0.3, -0.25) is 0 Å². The Hall–Kier alpha value is 0.270. The van der Waals surface area contributed by atoms with E-state index >= 15 is 0 Å². The average molecular weight is 259 g/mol. The van der Waals surface area contributed by atoms with Gasteiger partial charge >= 0.3 is 0 Å². The van der Waals surface area contributed by atoms with E-state index in [1.807, 2.05) is 11.8 Å². The standard InChI is InChI=1S/C14H29NOS/c1-4-14(2,3)11-6-7-12(15)13(10-11)17-9-5-8-16/h11-13,16H,4-10,15H2,1-3H3. The van der Waals surface area contributed by atoms with Crippen molar-refractivity contribution in [3.05, 3.63) is 0 Å². The molecular weight excluding hydrogens is 230 g/mol. The van der Waals surface area contributed by atoms with Crippen molar-refractivity contribution in [1.82, 2.24) is 0 Å². The topological polar surface area (TPSA) is 46.2 Å². The van der Waals surface area contributed by atoms with E-state index in [1.165, 1.54) is 25.7 Å². The van der Waals surface area contributed by atoms with E-state index in [1.54, 1.807) is 0 Å². The van der Waals surface area contributed by atoms with Gasteiger partial charge in [0.1, 0.15) is 0 Å². The van der Waals surface area contributed by atoms with Crippen LogP contribution in [0.1, 0.15) is 52.9 Å². The fraction of sp³-hybridized carbons (Fsp3) is 1.00. The van der Waals surface area contributed by atoms with Gasteiger partial charge in [0.2, 0.25) is 0 Å². The molecule has 0 saturated heterocycles. The van der Waals surface area contributed by atoms with Crippen molar-refractivity contribution >= 4 is 11.8 Å². The Morgan fingerprint density at radius 2 is 2.06 bits per heavy atom. The summed E-state index contributed by atoms with van der Waals surface area (Å²) in [4.78, 5) is 0. The van der Waals surface area contributed by atoms with Crippen LogP contribution in [-0.2, 0) is 0 Å². The van der Waals surface area contributed by atoms with E-state index in [0.717, 1.165) is 18.1 Å². The van der Waals surface area contributed by atoms with Gasteiger partial charge in [0.15, 0.2) is 0 Å². The monoisotopic (exact) mass is 259 g/mol. The lowest BCUT2D eigenvalue weighted by molar-refractivity contribution is 0.148. The van der Waals surface area contributed by atoms with Crippen LogP contribution in [0.5, 0.6) is 0 Å². The van der Waals surface area contributed by atoms with Gasteiger partial charge in [-0.05, 0) is 42.8 Å². The molecule has 3 heteroatoms. The second-order valence-electron chi connectivity index (χ2n) is 6.00. The van der Waals surface area contributed by atoms with Gasteiger partial charge in [0.25, 0.3) is 0 Å². The molecular formula is C14H29NOS. The molecule has 0 radical (unpaired) electrons. The molecule has 0 aromatic rings. The summed E-state index contributed by atoms with van der Waals surface area (Å²) < 4.78 is 0. The zero-order valence-electron chi connectivity index (χ0n) is 11.6. The zero-order valence-corrected chi connectivity index (χ0v) is 12.4. The van der Waals surface area contributed by atoms with Crippen LogP contribution >= 0.6 is 11.8 Å². The molecule has 1 fully saturated rings. The molecule has 3 N–H and O–H groups in total. The maximum absolute atomic E-state index is 8.84. The predicted octanol–water partition coefficient (Wildman–Crippen LogP) is 3.03. The highest BCUT2D eigenvalue weighted by atomic mass is 32.2. The van der Waals surface area contributed by atoms with Gasteiger partial charge in [-0.15, -0.1) is 0 Å². The van der Waals surface area contributed by atoms with Crippen LogP contribution in [0.2, 0.25) is 0 Å². The fourth-order valence-corrected chi connectivity index (χ4v) is 3.99. The van der Waals surface area contributed by atoms with Crippen LogP contribution < -0.4 is 5.73 Å². The maximum atomic E-state index is 8.84. The minimum Gasteiger partial charge on any atom is -0.396 e. The molecule has 0 amide bonds. The molecule has 2 nitrogen and oxygen atoms in total. The highest BCUT2D eigenvalue weighted by Crippen LogP contribution is 2.43. The van der Waals surface area contributed by atoms with Crippen molar-refractivity contribution in [2.24, 2.45) is 17.1 Å². The average Bonchev–Trinajstić information content (AvgIpc) is 2.31. The van der Waals surface area contributed by atoms with Crippen LogP contribution in [0.3, 0.4) is 0 Å². The first kappa shape index (κ1) is 15.3. The van der Waals surface area contributed by atoms with Crippen molar-refractivity contribution in [3.63, 3.8) is 0 Å². The third kappa shape index (κ3) is 4.46. The summed E-state index contributed by atoms with van der Waals surface area (Å²) in [5.74, 6) is 1.87. The summed E-state index contributed by atoms with van der Waals surface area (Å²) in [5, 5.41) is 9.44. The van der Waals surface area contributed by atoms with Gasteiger partial charge in [0.05, 0.1) is 0 Å². The van der Waals surface area contributed by atoms with E-state index in [4.69, 9.17) is 10.8 Å². The first-order valence-electron chi connectivity index (χ1n) is 6.99. The Morgan fingerprint density at radius 1 is 1.35 bits per heavy atom. The van der Waals surface area contributed by atoms with Crippen molar-refractivity contribution in [3.8, 4) is 0 Å². The molecule has 1 rings (SSSR count). The maximum Gasteiger partial charge on any atom is 0.0438 e. The number of thioether (sulfide) groups is 1. The molecule has 3 unspecified atom stereocenters. The minimum atomic E-state index is 0.304. The number of aliphatic hydroxyl groups excluding tert-OH is 1. The number of hydrogen-bond donors (Lipinski definition) is 2. The van der Waals surface area contributed by atoms with Crippen LogP contribution in [0.4, 0.5) is 0 Å². The van der Waals surface area contributed by atoms with Crippen molar-refractivity contribution in [1.29, 1.82) is 0 Å². The Balaban J connectivity index is 2.47. The van der Waals surface area contributed by atoms with Crippen molar-refractivity contribution in [2.45, 2.75) is 64.2 Å². The van der Waals surface area contributed by atoms with Crippen LogP contribution in [0.15, 0.2) is 0 Å². The molecule has 0 spiro atoms. The van der Waals surface area contributed by atoms with Crippen LogP contribution in [0.25, 0.3) is 0 Å². The molecule has 1 aliphatic carbocycles. The lowest BCUT2D eigenvalue weighted by atomic mass is 9.69. The molecule has 3 atom stereocenters. The summed E-state index contributed by atoms with van der Waals surface area (Å²) in [6.07, 6.45) is 5.87. The van der Waals surface area contributed by atoms with Crippen molar-refractivity contribution < 1.29 is 5.11 Å². The van der Waals surface area contributed by atoms with Gasteiger partial charge in [-0.2, -0.15) is 11.8 Å². The third-order valence-electron chi connectivity index (χ3n) is 4.49. The zero-order chi connectivity index (χ0) is 12.9. The highest BCUT2D eigenvalue weighted by molar-refractivity contribution is 7.99. The lowest BCUT2D eigenvalue weighted by Crippen LogP contribution is -2.42. The molecule has 0 bridgehead atoms. The molecule has 102 valence electrons. The van der Waals surface area contributed by atoms with E-state index in [0.29, 0.717) is 23.3 Å². The van der Waals surface area contributed by atoms with E-state index in [9.17, 15) is 0 Å². The molecule has 17 heavy (non-hydrogen) atoms. The minimum absolute atomic E-state index is 0.304. The molecule has 0 aromatic carbocycles. The largest absolute Gasteiger partial charge is 0.396 e. The number of nitrogens with two attached hydrogens (primary N) is 1. The second kappa shape index (κ2) is 7.01. The molecule has 1 saturated carbocycles. The van der Waals surface area contributed by atoms with Gasteiger partial charge in [-0.25, -0.2) is 0 Å². The van der Waals surface area contributed by atoms with Gasteiger partial charge in [0, 0.05) is 17.9 Å². The number of rotatable bonds is 6. The first-order valence-corrected chi connectivity index (χ1v) is 8.04. The molecule has 0 heterocycles. The van der Waals surface area contributed by atoms with Crippen LogP contribution in [0, 0.1) is 11.3 Å². The van der Waals surface area contributed by atoms with Gasteiger partial charge in [-0.1, -0.05) is 27.2 Å². The summed E-state index contributed by atoms with van der Waals surface area (Å²) in [7, 11) is 0. The third-order valence-corrected chi connectivity index (χ3v) is 5.99. The summed E-state index contributed by atoms with van der Waals surface area (Å²) in [6.45, 7) is 7.38. The SMILES string of the molecule is CCC(C)(C)C1CCC(N)C(SCCCO)C1. The van der Waals surface area contributed by atoms with Gasteiger partial charge < -0.3 is 10.8 Å². The normalized spacial score (nSPS) is 30.5. The Bertz CT molecular complexity index is 220. The molecule has 1 aliphatic rings.